The normalized spacial score (nSPS) is 9.54. The molecular formula is C11H16N2. The van der Waals surface area contributed by atoms with E-state index in [1.807, 2.05) is 31.8 Å². The molecule has 0 saturated heterocycles. The zero-order valence-electron chi connectivity index (χ0n) is 8.70. The van der Waals surface area contributed by atoms with Gasteiger partial charge in [0.25, 0.3) is 0 Å². The summed E-state index contributed by atoms with van der Waals surface area (Å²) < 4.78 is 2.02. The van der Waals surface area contributed by atoms with Crippen LogP contribution >= 0.6 is 0 Å². The van der Waals surface area contributed by atoms with Crippen molar-refractivity contribution in [1.29, 1.82) is 0 Å². The second kappa shape index (κ2) is 4.08. The predicted octanol–water partition coefficient (Wildman–Crippen LogP) is 2.91. The lowest BCUT2D eigenvalue weighted by atomic mass is 10.2. The fraction of sp³-hybridized carbons (Fsp3) is 0.364. The minimum absolute atomic E-state index is 1.08. The average Bonchev–Trinajstić information content (AvgIpc) is 2.51. The number of benzene rings is 1. The highest BCUT2D eigenvalue weighted by Gasteiger charge is 1.96. The van der Waals surface area contributed by atoms with Crippen LogP contribution in [0.15, 0.2) is 24.5 Å². The highest BCUT2D eigenvalue weighted by atomic mass is 15.0. The highest BCUT2D eigenvalue weighted by Crippen LogP contribution is 2.12. The molecule has 1 aromatic carbocycles. The van der Waals surface area contributed by atoms with Gasteiger partial charge < -0.3 is 4.57 Å². The van der Waals surface area contributed by atoms with Gasteiger partial charge in [-0.05, 0) is 24.6 Å². The molecule has 0 N–H and O–H groups in total. The number of hydrogen-bond donors (Lipinski definition) is 0. The van der Waals surface area contributed by atoms with E-state index < -0.39 is 0 Å². The predicted molar refractivity (Wildman–Crippen MR) is 56.8 cm³/mol. The first-order valence-electron chi connectivity index (χ1n) is 4.65. The molecule has 2 nitrogen and oxygen atoms in total. The van der Waals surface area contributed by atoms with Crippen LogP contribution in [0.3, 0.4) is 0 Å². The molecule has 0 aliphatic carbocycles. The molecule has 1 heterocycles. The van der Waals surface area contributed by atoms with Gasteiger partial charge in [0.05, 0.1) is 17.4 Å². The lowest BCUT2D eigenvalue weighted by Gasteiger charge is -1.93. The number of aryl methyl sites for hydroxylation is 2. The van der Waals surface area contributed by atoms with Crippen molar-refractivity contribution < 1.29 is 0 Å². The van der Waals surface area contributed by atoms with Gasteiger partial charge in [0.15, 0.2) is 0 Å². The molecule has 0 fully saturated rings. The molecule has 0 saturated carbocycles. The maximum Gasteiger partial charge on any atom is 0.0955 e. The first-order valence-corrected chi connectivity index (χ1v) is 4.65. The van der Waals surface area contributed by atoms with Crippen molar-refractivity contribution in [2.75, 3.05) is 0 Å². The van der Waals surface area contributed by atoms with Crippen LogP contribution in [0.25, 0.3) is 11.0 Å². The van der Waals surface area contributed by atoms with E-state index in [-0.39, 0.29) is 0 Å². The monoisotopic (exact) mass is 176 g/mol. The maximum atomic E-state index is 4.24. The summed E-state index contributed by atoms with van der Waals surface area (Å²) in [7, 11) is 2.00. The largest absolute Gasteiger partial charge is 0.334 e. The van der Waals surface area contributed by atoms with Crippen LogP contribution in [0.2, 0.25) is 0 Å². The van der Waals surface area contributed by atoms with Crippen LogP contribution in [0.4, 0.5) is 0 Å². The van der Waals surface area contributed by atoms with Crippen LogP contribution in [-0.4, -0.2) is 9.55 Å². The Balaban J connectivity index is 0.000000396. The number of fused-ring (bicyclic) bond motifs is 1. The lowest BCUT2D eigenvalue weighted by Crippen LogP contribution is -1.82. The number of nitrogens with zero attached hydrogens (tertiary/aromatic N) is 2. The third kappa shape index (κ3) is 1.89. The Morgan fingerprint density at radius 1 is 1.23 bits per heavy atom. The first kappa shape index (κ1) is 9.78. The van der Waals surface area contributed by atoms with E-state index >= 15 is 0 Å². The molecule has 1 aromatic heterocycles. The molecule has 70 valence electrons. The van der Waals surface area contributed by atoms with Crippen molar-refractivity contribution in [1.82, 2.24) is 9.55 Å². The molecule has 2 aromatic rings. The van der Waals surface area contributed by atoms with E-state index in [1.165, 1.54) is 11.1 Å². The molecule has 0 radical (unpaired) electrons. The molecule has 0 amide bonds. The van der Waals surface area contributed by atoms with Crippen molar-refractivity contribution in [2.24, 2.45) is 7.05 Å². The summed E-state index contributed by atoms with van der Waals surface area (Å²) in [5.74, 6) is 0. The van der Waals surface area contributed by atoms with Gasteiger partial charge in [0.1, 0.15) is 0 Å². The topological polar surface area (TPSA) is 17.8 Å². The Morgan fingerprint density at radius 2 is 1.92 bits per heavy atom. The molecule has 0 atom stereocenters. The van der Waals surface area contributed by atoms with E-state index in [0.29, 0.717) is 0 Å². The van der Waals surface area contributed by atoms with Crippen LogP contribution in [0, 0.1) is 6.92 Å². The molecule has 2 heteroatoms. The number of imidazole rings is 1. The van der Waals surface area contributed by atoms with E-state index in [0.717, 1.165) is 5.52 Å². The molecule has 13 heavy (non-hydrogen) atoms. The Morgan fingerprint density at radius 3 is 2.62 bits per heavy atom. The minimum Gasteiger partial charge on any atom is -0.334 e. The van der Waals surface area contributed by atoms with Gasteiger partial charge in [0.2, 0.25) is 0 Å². The highest BCUT2D eigenvalue weighted by molar-refractivity contribution is 5.75. The van der Waals surface area contributed by atoms with Gasteiger partial charge in [-0.2, -0.15) is 0 Å². The third-order valence-electron chi connectivity index (χ3n) is 1.88. The number of aromatic nitrogens is 2. The molecule has 0 aliphatic heterocycles. The van der Waals surface area contributed by atoms with Crippen LogP contribution in [0.5, 0.6) is 0 Å². The molecular weight excluding hydrogens is 160 g/mol. The zero-order valence-corrected chi connectivity index (χ0v) is 8.70. The maximum absolute atomic E-state index is 4.24. The van der Waals surface area contributed by atoms with Gasteiger partial charge in [0, 0.05) is 7.05 Å². The SMILES string of the molecule is CC.Cc1ccc2c(c1)ncn2C. The summed E-state index contributed by atoms with van der Waals surface area (Å²) in [6.07, 6.45) is 1.84. The van der Waals surface area contributed by atoms with Crippen LogP contribution < -0.4 is 0 Å². The Hall–Kier alpha value is -1.31. The lowest BCUT2D eigenvalue weighted by molar-refractivity contribution is 0.947. The van der Waals surface area contributed by atoms with E-state index in [1.54, 1.807) is 0 Å². The van der Waals surface area contributed by atoms with Crippen LogP contribution in [0.1, 0.15) is 19.4 Å². The van der Waals surface area contributed by atoms with Crippen molar-refractivity contribution in [2.45, 2.75) is 20.8 Å². The Bertz CT molecular complexity index is 388. The fourth-order valence-electron chi connectivity index (χ4n) is 1.25. The summed E-state index contributed by atoms with van der Waals surface area (Å²) in [6.45, 7) is 6.08. The van der Waals surface area contributed by atoms with Crippen molar-refractivity contribution >= 4 is 11.0 Å². The summed E-state index contributed by atoms with van der Waals surface area (Å²) in [4.78, 5) is 4.24. The van der Waals surface area contributed by atoms with Gasteiger partial charge in [-0.15, -0.1) is 0 Å². The molecule has 0 aliphatic rings. The Kier molecular flexibility index (Phi) is 3.07. The molecule has 2 rings (SSSR count). The summed E-state index contributed by atoms with van der Waals surface area (Å²) in [5.41, 5.74) is 3.53. The van der Waals surface area contributed by atoms with E-state index in [2.05, 4.69) is 30.1 Å². The summed E-state index contributed by atoms with van der Waals surface area (Å²) >= 11 is 0. The van der Waals surface area contributed by atoms with Crippen molar-refractivity contribution in [3.63, 3.8) is 0 Å². The number of hydrogen-bond acceptors (Lipinski definition) is 1. The summed E-state index contributed by atoms with van der Waals surface area (Å²) in [5, 5.41) is 0. The van der Waals surface area contributed by atoms with Gasteiger partial charge in [-0.1, -0.05) is 19.9 Å². The van der Waals surface area contributed by atoms with Gasteiger partial charge in [-0.3, -0.25) is 0 Å². The standard InChI is InChI=1S/C9H10N2.C2H6/c1-7-3-4-9-8(5-7)10-6-11(9)2;1-2/h3-6H,1-2H3;1-2H3. The van der Waals surface area contributed by atoms with E-state index in [9.17, 15) is 0 Å². The van der Waals surface area contributed by atoms with Crippen molar-refractivity contribution in [3.8, 4) is 0 Å². The van der Waals surface area contributed by atoms with E-state index in [4.69, 9.17) is 0 Å². The van der Waals surface area contributed by atoms with Gasteiger partial charge in [-0.25, -0.2) is 4.98 Å². The smallest absolute Gasteiger partial charge is 0.0955 e. The fourth-order valence-corrected chi connectivity index (χ4v) is 1.25. The van der Waals surface area contributed by atoms with Gasteiger partial charge >= 0.3 is 0 Å². The second-order valence-corrected chi connectivity index (χ2v) is 2.85. The molecule has 0 spiro atoms. The average molecular weight is 176 g/mol. The van der Waals surface area contributed by atoms with Crippen LogP contribution in [-0.2, 0) is 7.05 Å². The quantitative estimate of drug-likeness (QED) is 0.603. The second-order valence-electron chi connectivity index (χ2n) is 2.85. The summed E-state index contributed by atoms with van der Waals surface area (Å²) in [6, 6.07) is 6.29. The minimum atomic E-state index is 1.08. The Labute approximate surface area is 79.2 Å². The molecule has 0 unspecified atom stereocenters. The van der Waals surface area contributed by atoms with Crippen molar-refractivity contribution in [3.05, 3.63) is 30.1 Å². The molecule has 0 bridgehead atoms. The first-order chi connectivity index (χ1) is 6.27. The third-order valence-corrected chi connectivity index (χ3v) is 1.88. The zero-order chi connectivity index (χ0) is 9.84. The number of rotatable bonds is 0.